The molecule has 1 amide bonds. The standard InChI is InChI=1S/C16H31N3O4S/c1-13(2)23-10-11-24(21,22)19-8-6-18(7-9-19)16(20)14-4-3-5-15(17)12-14/h13-15H,3-12,17H2,1-2H3. The summed E-state index contributed by atoms with van der Waals surface area (Å²) in [5.41, 5.74) is 5.97. The third-order valence-corrected chi connectivity index (χ3v) is 6.63. The average Bonchev–Trinajstić information content (AvgIpc) is 2.54. The van der Waals surface area contributed by atoms with Gasteiger partial charge in [-0.05, 0) is 33.1 Å². The normalized spacial score (nSPS) is 26.8. The first-order chi connectivity index (χ1) is 11.3. The van der Waals surface area contributed by atoms with E-state index in [0.717, 1.165) is 25.7 Å². The lowest BCUT2D eigenvalue weighted by Crippen LogP contribution is -2.53. The van der Waals surface area contributed by atoms with Crippen LogP contribution in [-0.2, 0) is 19.6 Å². The van der Waals surface area contributed by atoms with Crippen molar-refractivity contribution in [1.82, 2.24) is 9.21 Å². The fraction of sp³-hybridized carbons (Fsp3) is 0.938. The zero-order valence-electron chi connectivity index (χ0n) is 14.8. The van der Waals surface area contributed by atoms with Crippen molar-refractivity contribution in [3.63, 3.8) is 0 Å². The predicted molar refractivity (Wildman–Crippen MR) is 93.0 cm³/mol. The minimum Gasteiger partial charge on any atom is -0.378 e. The zero-order chi connectivity index (χ0) is 17.7. The van der Waals surface area contributed by atoms with E-state index in [1.165, 1.54) is 4.31 Å². The van der Waals surface area contributed by atoms with Crippen molar-refractivity contribution in [1.29, 1.82) is 0 Å². The van der Waals surface area contributed by atoms with Crippen molar-refractivity contribution in [3.8, 4) is 0 Å². The van der Waals surface area contributed by atoms with Crippen LogP contribution in [0.5, 0.6) is 0 Å². The van der Waals surface area contributed by atoms with Crippen LogP contribution < -0.4 is 5.73 Å². The molecule has 0 aromatic heterocycles. The minimum atomic E-state index is -3.31. The number of sulfonamides is 1. The van der Waals surface area contributed by atoms with Gasteiger partial charge in [0.15, 0.2) is 0 Å². The maximum atomic E-state index is 12.6. The maximum absolute atomic E-state index is 12.6. The van der Waals surface area contributed by atoms with Gasteiger partial charge in [-0.1, -0.05) is 6.42 Å². The molecule has 1 aliphatic heterocycles. The Kier molecular flexibility index (Phi) is 7.03. The molecule has 140 valence electrons. The van der Waals surface area contributed by atoms with Crippen molar-refractivity contribution in [2.75, 3.05) is 38.5 Å². The molecule has 1 saturated heterocycles. The molecule has 2 N–H and O–H groups in total. The van der Waals surface area contributed by atoms with Gasteiger partial charge in [0, 0.05) is 38.1 Å². The Morgan fingerprint density at radius 3 is 2.46 bits per heavy atom. The molecule has 2 unspecified atom stereocenters. The number of carbonyl (C=O) groups is 1. The van der Waals surface area contributed by atoms with Gasteiger partial charge in [-0.3, -0.25) is 4.79 Å². The summed E-state index contributed by atoms with van der Waals surface area (Å²) in [6.45, 7) is 5.65. The molecule has 0 aromatic carbocycles. The molecule has 1 saturated carbocycles. The number of ether oxygens (including phenoxy) is 1. The Labute approximate surface area is 145 Å². The highest BCUT2D eigenvalue weighted by atomic mass is 32.2. The first-order valence-corrected chi connectivity index (χ1v) is 10.5. The molecule has 1 heterocycles. The SMILES string of the molecule is CC(C)OCCS(=O)(=O)N1CCN(C(=O)C2CCCC(N)C2)CC1. The summed E-state index contributed by atoms with van der Waals surface area (Å²) in [5, 5.41) is 0. The van der Waals surface area contributed by atoms with Gasteiger partial charge in [0.2, 0.25) is 15.9 Å². The van der Waals surface area contributed by atoms with Gasteiger partial charge in [0.05, 0.1) is 18.5 Å². The van der Waals surface area contributed by atoms with Crippen LogP contribution in [0.1, 0.15) is 39.5 Å². The number of carbonyl (C=O) groups excluding carboxylic acids is 1. The van der Waals surface area contributed by atoms with Crippen LogP contribution in [0.25, 0.3) is 0 Å². The van der Waals surface area contributed by atoms with Crippen LogP contribution in [0.2, 0.25) is 0 Å². The van der Waals surface area contributed by atoms with E-state index in [-0.39, 0.29) is 36.3 Å². The van der Waals surface area contributed by atoms with E-state index in [1.54, 1.807) is 4.90 Å². The van der Waals surface area contributed by atoms with E-state index in [0.29, 0.717) is 26.2 Å². The molecule has 2 rings (SSSR count). The fourth-order valence-corrected chi connectivity index (χ4v) is 4.70. The highest BCUT2D eigenvalue weighted by Gasteiger charge is 2.33. The van der Waals surface area contributed by atoms with E-state index in [2.05, 4.69) is 0 Å². The van der Waals surface area contributed by atoms with Gasteiger partial charge in [-0.15, -0.1) is 0 Å². The molecule has 0 aromatic rings. The molecule has 24 heavy (non-hydrogen) atoms. The predicted octanol–water partition coefficient (Wildman–Crippen LogP) is 0.403. The number of rotatable bonds is 6. The van der Waals surface area contributed by atoms with Crippen LogP contribution >= 0.6 is 0 Å². The summed E-state index contributed by atoms with van der Waals surface area (Å²) in [7, 11) is -3.31. The third kappa shape index (κ3) is 5.40. The first-order valence-electron chi connectivity index (χ1n) is 8.93. The molecule has 0 spiro atoms. The molecule has 1 aliphatic carbocycles. The molecule has 2 atom stereocenters. The molecule has 8 heteroatoms. The van der Waals surface area contributed by atoms with Gasteiger partial charge >= 0.3 is 0 Å². The number of hydrogen-bond acceptors (Lipinski definition) is 5. The highest BCUT2D eigenvalue weighted by Crippen LogP contribution is 2.25. The van der Waals surface area contributed by atoms with Gasteiger partial charge in [-0.25, -0.2) is 8.42 Å². The monoisotopic (exact) mass is 361 g/mol. The summed E-state index contributed by atoms with van der Waals surface area (Å²) in [5.74, 6) is 0.151. The van der Waals surface area contributed by atoms with E-state index in [1.807, 2.05) is 13.8 Å². The molecular formula is C16H31N3O4S. The Hall–Kier alpha value is -0.700. The second-order valence-electron chi connectivity index (χ2n) is 7.08. The summed E-state index contributed by atoms with van der Waals surface area (Å²) >= 11 is 0. The van der Waals surface area contributed by atoms with Crippen molar-refractivity contribution < 1.29 is 17.9 Å². The van der Waals surface area contributed by atoms with Crippen LogP contribution in [-0.4, -0.2) is 74.2 Å². The number of nitrogens with two attached hydrogens (primary N) is 1. The van der Waals surface area contributed by atoms with Gasteiger partial charge in [-0.2, -0.15) is 4.31 Å². The van der Waals surface area contributed by atoms with Crippen molar-refractivity contribution in [2.24, 2.45) is 11.7 Å². The lowest BCUT2D eigenvalue weighted by molar-refractivity contribution is -0.137. The summed E-state index contributed by atoms with van der Waals surface area (Å²) in [6, 6.07) is 0.121. The van der Waals surface area contributed by atoms with Gasteiger partial charge < -0.3 is 15.4 Å². The Bertz CT molecular complexity index is 515. The summed E-state index contributed by atoms with van der Waals surface area (Å²) in [4.78, 5) is 14.4. The lowest BCUT2D eigenvalue weighted by Gasteiger charge is -2.37. The Morgan fingerprint density at radius 1 is 1.21 bits per heavy atom. The molecule has 2 fully saturated rings. The summed E-state index contributed by atoms with van der Waals surface area (Å²) in [6.07, 6.45) is 3.67. The van der Waals surface area contributed by atoms with Crippen molar-refractivity contribution in [2.45, 2.75) is 51.7 Å². The van der Waals surface area contributed by atoms with Crippen LogP contribution in [0.4, 0.5) is 0 Å². The van der Waals surface area contributed by atoms with E-state index in [4.69, 9.17) is 10.5 Å². The zero-order valence-corrected chi connectivity index (χ0v) is 15.6. The fourth-order valence-electron chi connectivity index (χ4n) is 3.41. The van der Waals surface area contributed by atoms with Crippen LogP contribution in [0, 0.1) is 5.92 Å². The molecule has 0 bridgehead atoms. The molecule has 7 nitrogen and oxygen atoms in total. The first kappa shape index (κ1) is 19.6. The Balaban J connectivity index is 1.81. The maximum Gasteiger partial charge on any atom is 0.225 e. The van der Waals surface area contributed by atoms with Crippen LogP contribution in [0.3, 0.4) is 0 Å². The Morgan fingerprint density at radius 2 is 1.88 bits per heavy atom. The second kappa shape index (κ2) is 8.60. The highest BCUT2D eigenvalue weighted by molar-refractivity contribution is 7.89. The van der Waals surface area contributed by atoms with E-state index >= 15 is 0 Å². The van der Waals surface area contributed by atoms with Crippen LogP contribution in [0.15, 0.2) is 0 Å². The minimum absolute atomic E-state index is 0.00337. The second-order valence-corrected chi connectivity index (χ2v) is 9.17. The van der Waals surface area contributed by atoms with Crippen molar-refractivity contribution >= 4 is 15.9 Å². The van der Waals surface area contributed by atoms with E-state index in [9.17, 15) is 13.2 Å². The van der Waals surface area contributed by atoms with Gasteiger partial charge in [0.25, 0.3) is 0 Å². The van der Waals surface area contributed by atoms with E-state index < -0.39 is 10.0 Å². The lowest BCUT2D eigenvalue weighted by atomic mass is 9.85. The number of amides is 1. The van der Waals surface area contributed by atoms with Crippen molar-refractivity contribution in [3.05, 3.63) is 0 Å². The largest absolute Gasteiger partial charge is 0.378 e. The molecule has 0 radical (unpaired) electrons. The average molecular weight is 362 g/mol. The molecule has 2 aliphatic rings. The quantitative estimate of drug-likeness (QED) is 0.739. The number of hydrogen-bond donors (Lipinski definition) is 1. The molecular weight excluding hydrogens is 330 g/mol. The number of piperazine rings is 1. The van der Waals surface area contributed by atoms with Gasteiger partial charge in [0.1, 0.15) is 0 Å². The summed E-state index contributed by atoms with van der Waals surface area (Å²) < 4.78 is 31.4. The third-order valence-electron chi connectivity index (χ3n) is 4.80. The smallest absolute Gasteiger partial charge is 0.225 e. The topological polar surface area (TPSA) is 92.9 Å². The number of nitrogens with zero attached hydrogens (tertiary/aromatic N) is 2.